The van der Waals surface area contributed by atoms with Crippen molar-refractivity contribution in [2.75, 3.05) is 6.54 Å². The van der Waals surface area contributed by atoms with Crippen molar-refractivity contribution in [2.45, 2.75) is 45.1 Å². The van der Waals surface area contributed by atoms with E-state index in [0.717, 1.165) is 19.3 Å². The fourth-order valence-corrected chi connectivity index (χ4v) is 3.03. The summed E-state index contributed by atoms with van der Waals surface area (Å²) < 4.78 is 5.10. The first-order valence-electron chi connectivity index (χ1n) is 8.06. The van der Waals surface area contributed by atoms with Crippen LogP contribution in [0.15, 0.2) is 17.8 Å². The second kappa shape index (κ2) is 9.41. The lowest BCUT2D eigenvalue weighted by atomic mass is 9.97. The van der Waals surface area contributed by atoms with E-state index in [0.29, 0.717) is 6.54 Å². The largest absolute Gasteiger partial charge is 0.448 e. The Hall–Kier alpha value is -1.30. The molecule has 1 heterocycles. The molecular weight excluding hydrogens is 387 g/mol. The molecule has 1 atom stereocenters. The molecule has 25 heavy (non-hydrogen) atoms. The summed E-state index contributed by atoms with van der Waals surface area (Å²) in [4.78, 5) is 28.0. The molecule has 136 valence electrons. The maximum Gasteiger partial charge on any atom is 0.359 e. The summed E-state index contributed by atoms with van der Waals surface area (Å²) in [7, 11) is 0. The molecule has 0 saturated heterocycles. The normalized spacial score (nSPS) is 15.3. The topological polar surface area (TPSA) is 68.3 Å². The Morgan fingerprint density at radius 3 is 2.72 bits per heavy atom. The van der Waals surface area contributed by atoms with Crippen molar-refractivity contribution in [1.29, 1.82) is 0 Å². The third kappa shape index (κ3) is 5.59. The SMILES string of the molecule is C[C@H](OC(=O)c1ncc(Cl)c(Cl)c1Cl)C(=O)NCCC1=CCCCC1. The fraction of sp³-hybridized carbons (Fsp3) is 0.471. The molecule has 0 aliphatic heterocycles. The zero-order chi connectivity index (χ0) is 18.4. The number of carbonyl (C=O) groups is 2. The monoisotopic (exact) mass is 404 g/mol. The van der Waals surface area contributed by atoms with Crippen LogP contribution in [0.4, 0.5) is 0 Å². The summed E-state index contributed by atoms with van der Waals surface area (Å²) in [5.74, 6) is -1.21. The molecule has 1 N–H and O–H groups in total. The van der Waals surface area contributed by atoms with Crippen molar-refractivity contribution in [3.8, 4) is 0 Å². The lowest BCUT2D eigenvalue weighted by Gasteiger charge is -2.16. The van der Waals surface area contributed by atoms with Gasteiger partial charge in [0.1, 0.15) is 0 Å². The Morgan fingerprint density at radius 2 is 2.04 bits per heavy atom. The summed E-state index contributed by atoms with van der Waals surface area (Å²) in [5, 5.41) is 2.81. The van der Waals surface area contributed by atoms with Gasteiger partial charge in [0.15, 0.2) is 11.8 Å². The minimum absolute atomic E-state index is 0.0168. The van der Waals surface area contributed by atoms with E-state index in [9.17, 15) is 9.59 Å². The van der Waals surface area contributed by atoms with E-state index < -0.39 is 12.1 Å². The number of allylic oxidation sites excluding steroid dienone is 1. The maximum absolute atomic E-state index is 12.1. The lowest BCUT2D eigenvalue weighted by Crippen LogP contribution is -2.36. The van der Waals surface area contributed by atoms with Crippen molar-refractivity contribution in [1.82, 2.24) is 10.3 Å². The van der Waals surface area contributed by atoms with E-state index >= 15 is 0 Å². The molecule has 1 aromatic rings. The molecule has 1 aromatic heterocycles. The summed E-state index contributed by atoms with van der Waals surface area (Å²) >= 11 is 17.6. The van der Waals surface area contributed by atoms with Crippen LogP contribution in [-0.2, 0) is 9.53 Å². The van der Waals surface area contributed by atoms with Crippen molar-refractivity contribution in [3.63, 3.8) is 0 Å². The summed E-state index contributed by atoms with van der Waals surface area (Å²) in [5.41, 5.74) is 1.19. The fourth-order valence-electron chi connectivity index (χ4n) is 2.48. The van der Waals surface area contributed by atoms with E-state index in [2.05, 4.69) is 16.4 Å². The molecule has 0 aromatic carbocycles. The van der Waals surface area contributed by atoms with Gasteiger partial charge in [-0.05, 0) is 39.0 Å². The number of carbonyl (C=O) groups excluding carboxylic acids is 2. The van der Waals surface area contributed by atoms with Gasteiger partial charge < -0.3 is 10.1 Å². The van der Waals surface area contributed by atoms with Crippen molar-refractivity contribution in [2.24, 2.45) is 0 Å². The minimum Gasteiger partial charge on any atom is -0.448 e. The molecule has 0 fully saturated rings. The first kappa shape index (κ1) is 20.0. The van der Waals surface area contributed by atoms with Gasteiger partial charge in [-0.3, -0.25) is 4.79 Å². The molecule has 1 amide bonds. The molecule has 5 nitrogen and oxygen atoms in total. The molecule has 0 saturated carbocycles. The number of nitrogens with zero attached hydrogens (tertiary/aromatic N) is 1. The van der Waals surface area contributed by atoms with Crippen LogP contribution in [0.5, 0.6) is 0 Å². The van der Waals surface area contributed by atoms with Crippen LogP contribution in [-0.4, -0.2) is 29.5 Å². The molecule has 0 bridgehead atoms. The zero-order valence-electron chi connectivity index (χ0n) is 13.8. The van der Waals surface area contributed by atoms with Crippen LogP contribution in [0.1, 0.15) is 49.5 Å². The van der Waals surface area contributed by atoms with Gasteiger partial charge in [0.2, 0.25) is 0 Å². The minimum atomic E-state index is -0.972. The van der Waals surface area contributed by atoms with E-state index in [1.54, 1.807) is 0 Å². The number of halogens is 3. The zero-order valence-corrected chi connectivity index (χ0v) is 16.0. The van der Waals surface area contributed by atoms with Crippen LogP contribution in [0.2, 0.25) is 15.1 Å². The van der Waals surface area contributed by atoms with Gasteiger partial charge in [0.05, 0.1) is 15.1 Å². The van der Waals surface area contributed by atoms with Crippen LogP contribution < -0.4 is 5.32 Å². The quantitative estimate of drug-likeness (QED) is 0.555. The number of hydrogen-bond acceptors (Lipinski definition) is 4. The molecular formula is C17H19Cl3N2O3. The molecule has 8 heteroatoms. The number of rotatable bonds is 6. The molecule has 0 spiro atoms. The van der Waals surface area contributed by atoms with E-state index in [-0.39, 0.29) is 26.7 Å². The highest BCUT2D eigenvalue weighted by Gasteiger charge is 2.23. The number of nitrogens with one attached hydrogen (secondary N) is 1. The third-order valence-electron chi connectivity index (χ3n) is 3.89. The molecule has 1 aliphatic rings. The number of hydrogen-bond donors (Lipinski definition) is 1. The van der Waals surface area contributed by atoms with Crippen LogP contribution >= 0.6 is 34.8 Å². The molecule has 1 aliphatic carbocycles. The van der Waals surface area contributed by atoms with E-state index in [4.69, 9.17) is 39.5 Å². The van der Waals surface area contributed by atoms with Crippen LogP contribution in [0.3, 0.4) is 0 Å². The predicted molar refractivity (Wildman–Crippen MR) is 98.3 cm³/mol. The maximum atomic E-state index is 12.1. The average molecular weight is 406 g/mol. The van der Waals surface area contributed by atoms with Crippen LogP contribution in [0.25, 0.3) is 0 Å². The van der Waals surface area contributed by atoms with Crippen LogP contribution in [0, 0.1) is 0 Å². The standard InChI is InChI=1S/C17H19Cl3N2O3/c1-10(16(23)21-8-7-11-5-3-2-4-6-11)25-17(24)15-14(20)13(19)12(18)9-22-15/h5,9-10H,2-4,6-8H2,1H3,(H,21,23)/t10-/m0/s1. The van der Waals surface area contributed by atoms with Gasteiger partial charge in [-0.25, -0.2) is 9.78 Å². The Morgan fingerprint density at radius 1 is 1.28 bits per heavy atom. The van der Waals surface area contributed by atoms with Crippen molar-refractivity contribution >= 4 is 46.7 Å². The smallest absolute Gasteiger partial charge is 0.359 e. The number of amides is 1. The Labute approximate surface area is 161 Å². The van der Waals surface area contributed by atoms with Crippen molar-refractivity contribution < 1.29 is 14.3 Å². The Bertz CT molecular complexity index is 692. The van der Waals surface area contributed by atoms with Gasteiger partial charge in [0, 0.05) is 12.7 Å². The second-order valence-corrected chi connectivity index (χ2v) is 6.94. The lowest BCUT2D eigenvalue weighted by molar-refractivity contribution is -0.129. The summed E-state index contributed by atoms with van der Waals surface area (Å²) in [6, 6.07) is 0. The molecule has 2 rings (SSSR count). The molecule has 0 radical (unpaired) electrons. The highest BCUT2D eigenvalue weighted by molar-refractivity contribution is 6.48. The number of ether oxygens (including phenoxy) is 1. The van der Waals surface area contributed by atoms with Gasteiger partial charge in [-0.2, -0.15) is 0 Å². The van der Waals surface area contributed by atoms with Gasteiger partial charge in [-0.15, -0.1) is 0 Å². The van der Waals surface area contributed by atoms with E-state index in [1.807, 2.05) is 0 Å². The van der Waals surface area contributed by atoms with Crippen molar-refractivity contribution in [3.05, 3.63) is 38.6 Å². The summed E-state index contributed by atoms with van der Waals surface area (Å²) in [6.45, 7) is 2.00. The average Bonchev–Trinajstić information content (AvgIpc) is 2.60. The number of aromatic nitrogens is 1. The highest BCUT2D eigenvalue weighted by Crippen LogP contribution is 2.31. The second-order valence-electron chi connectivity index (χ2n) is 5.78. The van der Waals surface area contributed by atoms with Gasteiger partial charge in [-0.1, -0.05) is 46.5 Å². The van der Waals surface area contributed by atoms with Gasteiger partial charge in [0.25, 0.3) is 5.91 Å². The highest BCUT2D eigenvalue weighted by atomic mass is 35.5. The van der Waals surface area contributed by atoms with E-state index in [1.165, 1.54) is 31.5 Å². The summed E-state index contributed by atoms with van der Waals surface area (Å²) in [6.07, 6.45) is 7.90. The Kier molecular flexibility index (Phi) is 7.54. The Balaban J connectivity index is 1.85. The third-order valence-corrected chi connectivity index (χ3v) is 5.13. The predicted octanol–water partition coefficient (Wildman–Crippen LogP) is 4.59. The first-order valence-corrected chi connectivity index (χ1v) is 9.19. The van der Waals surface area contributed by atoms with Gasteiger partial charge >= 0.3 is 5.97 Å². The first-order chi connectivity index (χ1) is 11.9. The molecule has 0 unspecified atom stereocenters. The number of esters is 1. The number of pyridine rings is 1.